The molecule has 0 saturated heterocycles. The number of nitrogens with one attached hydrogen (secondary N) is 1. The van der Waals surface area contributed by atoms with E-state index in [1.807, 2.05) is 24.3 Å². The van der Waals surface area contributed by atoms with Crippen LogP contribution in [-0.4, -0.2) is 32.3 Å². The minimum absolute atomic E-state index is 0.239. The zero-order valence-electron chi connectivity index (χ0n) is 12.4. The third-order valence-corrected chi connectivity index (χ3v) is 4.08. The maximum Gasteiger partial charge on any atom is 0.329 e. The summed E-state index contributed by atoms with van der Waals surface area (Å²) in [6, 6.07) is 7.94. The molecule has 0 aliphatic heterocycles. The fourth-order valence-electron chi connectivity index (χ4n) is 2.61. The molecule has 1 saturated carbocycles. The number of hydrogen-bond donors (Lipinski definition) is 1. The van der Waals surface area contributed by atoms with Crippen molar-refractivity contribution >= 4 is 5.97 Å². The van der Waals surface area contributed by atoms with Gasteiger partial charge < -0.3 is 14.8 Å². The monoisotopic (exact) mass is 277 g/mol. The van der Waals surface area contributed by atoms with Crippen LogP contribution in [0.5, 0.6) is 5.75 Å². The topological polar surface area (TPSA) is 47.6 Å². The third kappa shape index (κ3) is 2.80. The van der Waals surface area contributed by atoms with E-state index in [4.69, 9.17) is 9.47 Å². The van der Waals surface area contributed by atoms with Gasteiger partial charge in [0.25, 0.3) is 0 Å². The van der Waals surface area contributed by atoms with Gasteiger partial charge in [-0.15, -0.1) is 0 Å². The standard InChI is InChI=1S/C16H23NO3/c1-4-12-7-5-6-8-14(12)20-11-16(17-2,13-9-10-13)15(18)19-3/h5-8,13,17H,4,9-11H2,1-3H3. The number of ether oxygens (including phenoxy) is 2. The maximum atomic E-state index is 12.2. The minimum atomic E-state index is -0.727. The predicted octanol–water partition coefficient (Wildman–Crippen LogP) is 2.17. The highest BCUT2D eigenvalue weighted by atomic mass is 16.5. The van der Waals surface area contributed by atoms with Crippen LogP contribution in [0.4, 0.5) is 0 Å². The normalized spacial score (nSPS) is 17.4. The molecule has 1 aromatic rings. The van der Waals surface area contributed by atoms with Gasteiger partial charge in [0.15, 0.2) is 5.54 Å². The fourth-order valence-corrected chi connectivity index (χ4v) is 2.61. The Morgan fingerprint density at radius 3 is 2.65 bits per heavy atom. The van der Waals surface area contributed by atoms with Gasteiger partial charge in [-0.1, -0.05) is 25.1 Å². The van der Waals surface area contributed by atoms with Crippen LogP contribution in [0.2, 0.25) is 0 Å². The Labute approximate surface area is 120 Å². The summed E-state index contributed by atoms with van der Waals surface area (Å²) in [5.74, 6) is 0.907. The number of para-hydroxylation sites is 1. The minimum Gasteiger partial charge on any atom is -0.491 e. The maximum absolute atomic E-state index is 12.2. The number of rotatable bonds is 7. The fraction of sp³-hybridized carbons (Fsp3) is 0.562. The Bertz CT molecular complexity index is 471. The van der Waals surface area contributed by atoms with E-state index < -0.39 is 5.54 Å². The van der Waals surface area contributed by atoms with Crippen LogP contribution in [0.3, 0.4) is 0 Å². The molecule has 0 heterocycles. The zero-order chi connectivity index (χ0) is 14.6. The molecule has 4 nitrogen and oxygen atoms in total. The number of benzene rings is 1. The lowest BCUT2D eigenvalue weighted by atomic mass is 9.94. The Kier molecular flexibility index (Phi) is 4.65. The van der Waals surface area contributed by atoms with Crippen molar-refractivity contribution in [2.45, 2.75) is 31.7 Å². The Morgan fingerprint density at radius 2 is 2.10 bits per heavy atom. The number of methoxy groups -OCH3 is 1. The lowest BCUT2D eigenvalue weighted by molar-refractivity contribution is -0.151. The highest BCUT2D eigenvalue weighted by Gasteiger charge is 2.51. The molecule has 110 valence electrons. The first-order valence-corrected chi connectivity index (χ1v) is 7.16. The summed E-state index contributed by atoms with van der Waals surface area (Å²) >= 11 is 0. The van der Waals surface area contributed by atoms with Gasteiger partial charge in [-0.3, -0.25) is 0 Å². The van der Waals surface area contributed by atoms with Crippen molar-refractivity contribution in [3.8, 4) is 5.75 Å². The summed E-state index contributed by atoms with van der Waals surface area (Å²) in [7, 11) is 3.22. The SMILES string of the molecule is CCc1ccccc1OCC(NC)(C(=O)OC)C1CC1. The molecule has 0 spiro atoms. The van der Waals surface area contributed by atoms with Crippen molar-refractivity contribution in [1.82, 2.24) is 5.32 Å². The van der Waals surface area contributed by atoms with Gasteiger partial charge in [0.05, 0.1) is 7.11 Å². The first-order chi connectivity index (χ1) is 9.67. The molecule has 1 aliphatic carbocycles. The molecule has 0 bridgehead atoms. The molecule has 0 aromatic heterocycles. The molecule has 4 heteroatoms. The number of likely N-dealkylation sites (N-methyl/N-ethyl adjacent to an activating group) is 1. The van der Waals surface area contributed by atoms with E-state index in [-0.39, 0.29) is 5.97 Å². The summed E-state index contributed by atoms with van der Waals surface area (Å²) in [4.78, 5) is 12.2. The van der Waals surface area contributed by atoms with Crippen molar-refractivity contribution in [2.24, 2.45) is 5.92 Å². The molecule has 1 aliphatic rings. The van der Waals surface area contributed by atoms with Crippen molar-refractivity contribution in [1.29, 1.82) is 0 Å². The quantitative estimate of drug-likeness (QED) is 0.776. The van der Waals surface area contributed by atoms with E-state index in [1.54, 1.807) is 7.05 Å². The summed E-state index contributed by atoms with van der Waals surface area (Å²) in [6.45, 7) is 2.40. The van der Waals surface area contributed by atoms with Gasteiger partial charge in [-0.05, 0) is 43.9 Å². The average Bonchev–Trinajstić information content (AvgIpc) is 3.33. The number of carbonyl (C=O) groups excluding carboxylic acids is 1. The van der Waals surface area contributed by atoms with Gasteiger partial charge in [0.1, 0.15) is 12.4 Å². The lowest BCUT2D eigenvalue weighted by Crippen LogP contribution is -2.57. The molecule has 1 N–H and O–H groups in total. The highest BCUT2D eigenvalue weighted by molar-refractivity contribution is 5.82. The second kappa shape index (κ2) is 6.27. The Balaban J connectivity index is 2.14. The molecule has 20 heavy (non-hydrogen) atoms. The Morgan fingerprint density at radius 1 is 1.40 bits per heavy atom. The molecule has 1 aromatic carbocycles. The lowest BCUT2D eigenvalue weighted by Gasteiger charge is -2.30. The van der Waals surface area contributed by atoms with Crippen LogP contribution in [0.25, 0.3) is 0 Å². The largest absolute Gasteiger partial charge is 0.491 e. The summed E-state index contributed by atoms with van der Waals surface area (Å²) in [5.41, 5.74) is 0.424. The van der Waals surface area contributed by atoms with Gasteiger partial charge in [-0.25, -0.2) is 4.79 Å². The van der Waals surface area contributed by atoms with Crippen LogP contribution in [-0.2, 0) is 16.0 Å². The molecule has 0 amide bonds. The van der Waals surface area contributed by atoms with Gasteiger partial charge in [-0.2, -0.15) is 0 Å². The summed E-state index contributed by atoms with van der Waals surface area (Å²) in [5, 5.41) is 3.14. The van der Waals surface area contributed by atoms with E-state index in [0.29, 0.717) is 12.5 Å². The molecule has 0 radical (unpaired) electrons. The molecular formula is C16H23NO3. The van der Waals surface area contributed by atoms with Gasteiger partial charge >= 0.3 is 5.97 Å². The molecular weight excluding hydrogens is 254 g/mol. The van der Waals surface area contributed by atoms with E-state index in [2.05, 4.69) is 12.2 Å². The van der Waals surface area contributed by atoms with E-state index in [0.717, 1.165) is 30.6 Å². The summed E-state index contributed by atoms with van der Waals surface area (Å²) in [6.07, 6.45) is 2.98. The van der Waals surface area contributed by atoms with Crippen LogP contribution in [0.15, 0.2) is 24.3 Å². The smallest absolute Gasteiger partial charge is 0.329 e. The molecule has 1 atom stereocenters. The predicted molar refractivity (Wildman–Crippen MR) is 77.8 cm³/mol. The van der Waals surface area contributed by atoms with Gasteiger partial charge in [0.2, 0.25) is 0 Å². The molecule has 1 unspecified atom stereocenters. The highest BCUT2D eigenvalue weighted by Crippen LogP contribution is 2.40. The van der Waals surface area contributed by atoms with Crippen LogP contribution in [0, 0.1) is 5.92 Å². The van der Waals surface area contributed by atoms with E-state index >= 15 is 0 Å². The van der Waals surface area contributed by atoms with Crippen LogP contribution in [0.1, 0.15) is 25.3 Å². The van der Waals surface area contributed by atoms with Crippen molar-refractivity contribution in [3.05, 3.63) is 29.8 Å². The first kappa shape index (κ1) is 14.9. The number of esters is 1. The van der Waals surface area contributed by atoms with Crippen molar-refractivity contribution in [3.63, 3.8) is 0 Å². The number of aryl methyl sites for hydroxylation is 1. The second-order valence-corrected chi connectivity index (χ2v) is 5.24. The zero-order valence-corrected chi connectivity index (χ0v) is 12.4. The van der Waals surface area contributed by atoms with E-state index in [1.165, 1.54) is 7.11 Å². The van der Waals surface area contributed by atoms with Crippen molar-refractivity contribution < 1.29 is 14.3 Å². The summed E-state index contributed by atoms with van der Waals surface area (Å²) < 4.78 is 10.9. The number of carbonyl (C=O) groups is 1. The first-order valence-electron chi connectivity index (χ1n) is 7.16. The number of hydrogen-bond acceptors (Lipinski definition) is 4. The Hall–Kier alpha value is -1.55. The van der Waals surface area contributed by atoms with E-state index in [9.17, 15) is 4.79 Å². The second-order valence-electron chi connectivity index (χ2n) is 5.24. The third-order valence-electron chi connectivity index (χ3n) is 4.08. The van der Waals surface area contributed by atoms with Crippen LogP contribution >= 0.6 is 0 Å². The molecule has 2 rings (SSSR count). The molecule has 1 fully saturated rings. The average molecular weight is 277 g/mol. The van der Waals surface area contributed by atoms with Gasteiger partial charge in [0, 0.05) is 0 Å². The van der Waals surface area contributed by atoms with Crippen molar-refractivity contribution in [2.75, 3.05) is 20.8 Å². The van der Waals surface area contributed by atoms with Crippen LogP contribution < -0.4 is 10.1 Å².